The Bertz CT molecular complexity index is 1630. The number of carbonyl (C=O) groups is 4. The quantitative estimate of drug-likeness (QED) is 0.0222. The number of rotatable bonds is 63. The molecule has 0 aliphatic carbocycles. The molecule has 0 rings (SSSR count). The molecular weight excluding hydrogens is 1100 g/mol. The molecule has 2 unspecified atom stereocenters. The van der Waals surface area contributed by atoms with Crippen molar-refractivity contribution in [1.82, 2.24) is 0 Å². The van der Waals surface area contributed by atoms with E-state index in [1.165, 1.54) is 135 Å². The predicted octanol–water partition coefficient (Wildman–Crippen LogP) is 17.7. The van der Waals surface area contributed by atoms with Crippen LogP contribution in [0, 0.1) is 11.8 Å². The second-order valence-corrected chi connectivity index (χ2v) is 27.0. The van der Waals surface area contributed by atoms with Crippen LogP contribution in [0.2, 0.25) is 0 Å². The first-order chi connectivity index (χ1) is 39.9. The highest BCUT2D eigenvalue weighted by Gasteiger charge is 2.30. The van der Waals surface area contributed by atoms with Crippen molar-refractivity contribution in [2.24, 2.45) is 11.8 Å². The lowest BCUT2D eigenvalue weighted by Gasteiger charge is -2.21. The van der Waals surface area contributed by atoms with Crippen molar-refractivity contribution in [3.8, 4) is 0 Å². The van der Waals surface area contributed by atoms with Crippen LogP contribution in [0.4, 0.5) is 0 Å². The molecule has 0 saturated heterocycles. The molecule has 0 aromatic carbocycles. The van der Waals surface area contributed by atoms with Crippen molar-refractivity contribution < 1.29 is 80.2 Å². The summed E-state index contributed by atoms with van der Waals surface area (Å²) in [5.41, 5.74) is 0. The minimum absolute atomic E-state index is 0.103. The minimum atomic E-state index is -4.94. The molecule has 0 aliphatic heterocycles. The van der Waals surface area contributed by atoms with Gasteiger partial charge in [-0.25, -0.2) is 9.13 Å². The Morgan fingerprint density at radius 2 is 0.554 bits per heavy atom. The van der Waals surface area contributed by atoms with Gasteiger partial charge in [-0.3, -0.25) is 37.3 Å². The van der Waals surface area contributed by atoms with Crippen LogP contribution in [0.1, 0.15) is 318 Å². The lowest BCUT2D eigenvalue weighted by atomic mass is 10.0. The molecule has 0 fully saturated rings. The van der Waals surface area contributed by atoms with Crippen molar-refractivity contribution >= 4 is 39.5 Å². The number of phosphoric ester groups is 2. The number of aliphatic hydroxyl groups is 1. The summed E-state index contributed by atoms with van der Waals surface area (Å²) >= 11 is 0. The average molecular weight is 1230 g/mol. The van der Waals surface area contributed by atoms with Gasteiger partial charge in [-0.05, 0) is 37.5 Å². The zero-order valence-corrected chi connectivity index (χ0v) is 55.3. The van der Waals surface area contributed by atoms with Crippen LogP contribution >= 0.6 is 15.6 Å². The van der Waals surface area contributed by atoms with Crippen LogP contribution < -0.4 is 0 Å². The number of esters is 4. The zero-order valence-electron chi connectivity index (χ0n) is 53.5. The third-order valence-corrected chi connectivity index (χ3v) is 16.6. The normalized spacial score (nSPS) is 14.3. The molecule has 17 nitrogen and oxygen atoms in total. The van der Waals surface area contributed by atoms with E-state index in [0.717, 1.165) is 95.8 Å². The monoisotopic (exact) mass is 1230 g/mol. The van der Waals surface area contributed by atoms with Crippen LogP contribution in [-0.4, -0.2) is 96.7 Å². The Morgan fingerprint density at radius 3 is 0.819 bits per heavy atom. The van der Waals surface area contributed by atoms with Gasteiger partial charge in [0.1, 0.15) is 19.3 Å². The first-order valence-electron chi connectivity index (χ1n) is 33.5. The zero-order chi connectivity index (χ0) is 61.5. The molecule has 5 atom stereocenters. The van der Waals surface area contributed by atoms with Crippen molar-refractivity contribution in [1.29, 1.82) is 0 Å². The highest BCUT2D eigenvalue weighted by molar-refractivity contribution is 7.47. The summed E-state index contributed by atoms with van der Waals surface area (Å²) in [6, 6.07) is 0. The number of hydrogen-bond donors (Lipinski definition) is 3. The fourth-order valence-electron chi connectivity index (χ4n) is 9.53. The summed E-state index contributed by atoms with van der Waals surface area (Å²) in [5.74, 6) is -0.713. The van der Waals surface area contributed by atoms with E-state index in [4.69, 9.17) is 37.0 Å². The van der Waals surface area contributed by atoms with Gasteiger partial charge in [0.2, 0.25) is 0 Å². The lowest BCUT2D eigenvalue weighted by Crippen LogP contribution is -2.30. The fourth-order valence-corrected chi connectivity index (χ4v) is 11.1. The average Bonchev–Trinajstić information content (AvgIpc) is 3.45. The van der Waals surface area contributed by atoms with Crippen molar-refractivity contribution in [2.45, 2.75) is 336 Å². The number of phosphoric acid groups is 2. The Labute approximate surface area is 505 Å². The third kappa shape index (κ3) is 58.8. The maximum Gasteiger partial charge on any atom is 0.472 e. The summed E-state index contributed by atoms with van der Waals surface area (Å²) in [6.07, 6.45) is 39.0. The van der Waals surface area contributed by atoms with Crippen molar-refractivity contribution in [2.75, 3.05) is 39.6 Å². The molecule has 0 aromatic heterocycles. The van der Waals surface area contributed by atoms with Gasteiger partial charge in [0.05, 0.1) is 26.4 Å². The summed E-state index contributed by atoms with van der Waals surface area (Å²) in [7, 11) is -9.88. The highest BCUT2D eigenvalue weighted by Crippen LogP contribution is 2.45. The van der Waals surface area contributed by atoms with E-state index in [1.54, 1.807) is 0 Å². The van der Waals surface area contributed by atoms with E-state index < -0.39 is 97.5 Å². The fraction of sp³-hybridized carbons (Fsp3) is 0.938. The molecule has 0 bridgehead atoms. The van der Waals surface area contributed by atoms with Crippen LogP contribution in [0.15, 0.2) is 0 Å². The molecule has 0 amide bonds. The number of aliphatic hydroxyl groups excluding tert-OH is 1. The summed E-state index contributed by atoms with van der Waals surface area (Å²) in [6.45, 7) is 9.39. The first kappa shape index (κ1) is 81.1. The van der Waals surface area contributed by atoms with Gasteiger partial charge in [-0.15, -0.1) is 0 Å². The molecule has 0 aromatic rings. The molecule has 83 heavy (non-hydrogen) atoms. The SMILES string of the molecule is CCCCCCCCCCCCCCCC(=O)O[C@H](COC(=O)CCCCCCCCCCC(C)C)COP(=O)(O)OC[C@@H](O)COP(=O)(O)OC[C@@H](COC(=O)CCCCCCCCCCC)OC(=O)CCCCCCCCCC(C)C. The maximum atomic E-state index is 13.0. The third-order valence-electron chi connectivity index (χ3n) is 14.7. The molecule has 0 heterocycles. The lowest BCUT2D eigenvalue weighted by molar-refractivity contribution is -0.161. The minimum Gasteiger partial charge on any atom is -0.462 e. The molecule has 19 heteroatoms. The van der Waals surface area contributed by atoms with E-state index in [-0.39, 0.29) is 25.7 Å². The molecule has 0 aliphatic rings. The molecular formula is C64H124O17P2. The molecule has 0 radical (unpaired) electrons. The summed E-state index contributed by atoms with van der Waals surface area (Å²) in [4.78, 5) is 72.2. The van der Waals surface area contributed by atoms with E-state index in [9.17, 15) is 43.2 Å². The predicted molar refractivity (Wildman–Crippen MR) is 331 cm³/mol. The summed E-state index contributed by atoms with van der Waals surface area (Å²) < 4.78 is 68.0. The second kappa shape index (κ2) is 56.6. The Morgan fingerprint density at radius 1 is 0.325 bits per heavy atom. The number of hydrogen-bond acceptors (Lipinski definition) is 15. The van der Waals surface area contributed by atoms with E-state index in [0.29, 0.717) is 31.6 Å². The Hall–Kier alpha value is -1.94. The van der Waals surface area contributed by atoms with Crippen molar-refractivity contribution in [3.63, 3.8) is 0 Å². The Balaban J connectivity index is 5.24. The number of unbranched alkanes of at least 4 members (excludes halogenated alkanes) is 33. The van der Waals surface area contributed by atoms with Gasteiger partial charge in [-0.1, -0.05) is 266 Å². The maximum absolute atomic E-state index is 13.0. The molecule has 0 spiro atoms. The van der Waals surface area contributed by atoms with Crippen molar-refractivity contribution in [3.05, 3.63) is 0 Å². The van der Waals surface area contributed by atoms with Gasteiger partial charge in [0.25, 0.3) is 0 Å². The standard InChI is InChI=1S/C64H124O17P2/c1-7-9-11-13-15-17-18-19-20-22-30-36-42-48-63(68)80-59(52-75-62(67)47-41-35-29-24-23-26-32-38-44-56(3)4)54-78-82(70,71)76-50-58(65)51-77-83(72,73)79-55-60(53-74-61(66)46-40-34-28-21-16-14-12-10-8-2)81-64(69)49-43-37-31-25-27-33-39-45-57(5)6/h56-60,65H,7-55H2,1-6H3,(H,70,71)(H,72,73)/t58-,59-,60-/m1/s1. The number of ether oxygens (including phenoxy) is 4. The molecule has 3 N–H and O–H groups in total. The molecule has 492 valence electrons. The Kier molecular flexibility index (Phi) is 55.2. The number of carbonyl (C=O) groups excluding carboxylic acids is 4. The van der Waals surface area contributed by atoms with Gasteiger partial charge in [0.15, 0.2) is 12.2 Å². The smallest absolute Gasteiger partial charge is 0.462 e. The van der Waals surface area contributed by atoms with E-state index in [1.807, 2.05) is 0 Å². The highest BCUT2D eigenvalue weighted by atomic mass is 31.2. The van der Waals surface area contributed by atoms with E-state index in [2.05, 4.69) is 41.5 Å². The first-order valence-corrected chi connectivity index (χ1v) is 36.5. The second-order valence-electron chi connectivity index (χ2n) is 24.1. The van der Waals surface area contributed by atoms with E-state index >= 15 is 0 Å². The van der Waals surface area contributed by atoms with Crippen LogP contribution in [0.5, 0.6) is 0 Å². The van der Waals surface area contributed by atoms with Gasteiger partial charge in [0, 0.05) is 25.7 Å². The van der Waals surface area contributed by atoms with Gasteiger partial charge < -0.3 is 33.8 Å². The topological polar surface area (TPSA) is 237 Å². The van der Waals surface area contributed by atoms with Gasteiger partial charge in [-0.2, -0.15) is 0 Å². The largest absolute Gasteiger partial charge is 0.472 e. The van der Waals surface area contributed by atoms with Gasteiger partial charge >= 0.3 is 39.5 Å². The van der Waals surface area contributed by atoms with Crippen LogP contribution in [-0.2, 0) is 65.4 Å². The molecule has 0 saturated carbocycles. The van der Waals surface area contributed by atoms with Crippen LogP contribution in [0.25, 0.3) is 0 Å². The van der Waals surface area contributed by atoms with Crippen LogP contribution in [0.3, 0.4) is 0 Å². The summed E-state index contributed by atoms with van der Waals surface area (Å²) in [5, 5.41) is 10.5.